The van der Waals surface area contributed by atoms with Crippen molar-refractivity contribution >= 4 is 52.4 Å². The van der Waals surface area contributed by atoms with Gasteiger partial charge in [0, 0.05) is 22.7 Å². The van der Waals surface area contributed by atoms with Crippen molar-refractivity contribution in [2.24, 2.45) is 4.99 Å². The van der Waals surface area contributed by atoms with E-state index in [1.54, 1.807) is 11.1 Å². The van der Waals surface area contributed by atoms with Gasteiger partial charge in [0.1, 0.15) is 6.61 Å². The number of aromatic nitrogens is 1. The number of nitrogens with zero attached hydrogens (tertiary/aromatic N) is 4. The molecule has 0 N–H and O–H groups in total. The Morgan fingerprint density at radius 3 is 2.65 bits per heavy atom. The molecule has 0 saturated carbocycles. The van der Waals surface area contributed by atoms with Gasteiger partial charge < -0.3 is 4.74 Å². The van der Waals surface area contributed by atoms with Crippen molar-refractivity contribution in [3.8, 4) is 6.07 Å². The maximum atomic E-state index is 13.1. The van der Waals surface area contributed by atoms with Gasteiger partial charge in [0.2, 0.25) is 0 Å². The summed E-state index contributed by atoms with van der Waals surface area (Å²) in [5.41, 5.74) is 7.13. The number of aliphatic imine (C=N–C) groups is 1. The Morgan fingerprint density at radius 1 is 1.16 bits per heavy atom. The maximum absolute atomic E-state index is 13.1. The Balaban J connectivity index is 1.63. The molecule has 1 aromatic heterocycles. The first kappa shape index (κ1) is 24.0. The van der Waals surface area contributed by atoms with Gasteiger partial charge in [0.05, 0.1) is 34.1 Å². The van der Waals surface area contributed by atoms with Crippen molar-refractivity contribution in [1.29, 1.82) is 5.26 Å². The second-order valence-corrected chi connectivity index (χ2v) is 9.58. The van der Waals surface area contributed by atoms with Crippen LogP contribution in [0.15, 0.2) is 77.9 Å². The van der Waals surface area contributed by atoms with Gasteiger partial charge in [-0.1, -0.05) is 36.4 Å². The van der Waals surface area contributed by atoms with Crippen LogP contribution in [0.5, 0.6) is 0 Å². The third-order valence-electron chi connectivity index (χ3n) is 6.73. The van der Waals surface area contributed by atoms with Crippen LogP contribution in [0, 0.1) is 11.3 Å². The van der Waals surface area contributed by atoms with Crippen molar-refractivity contribution in [1.82, 2.24) is 4.98 Å². The van der Waals surface area contributed by atoms with E-state index in [0.29, 0.717) is 5.69 Å². The molecule has 0 saturated heterocycles. The molecule has 0 fully saturated rings. The van der Waals surface area contributed by atoms with E-state index in [4.69, 9.17) is 4.74 Å². The number of fused-ring (bicyclic) bond motifs is 3. The van der Waals surface area contributed by atoms with Gasteiger partial charge in [0.25, 0.3) is 0 Å². The number of allylic oxidation sites excluding steroid dienone is 1. The number of carbonyl (C=O) groups is 1. The minimum atomic E-state index is -0.631. The molecule has 6 nitrogen and oxygen atoms in total. The molecule has 0 radical (unpaired) electrons. The highest BCUT2D eigenvalue weighted by Gasteiger charge is 2.30. The van der Waals surface area contributed by atoms with Crippen molar-refractivity contribution < 1.29 is 9.53 Å². The largest absolute Gasteiger partial charge is 0.444 e. The van der Waals surface area contributed by atoms with E-state index in [2.05, 4.69) is 34.9 Å². The number of benzene rings is 3. The standard InChI is InChI=1S/C31H26N4O2/c1-20(15-22-7-5-6-8-27(22)33-4)21-9-14-28-26(16-21)29-23(17-34-28)18-37-30(36)35(29)25-12-10-24(11-13-25)31(2,3)19-32/h5-17H,4,18H2,1-3H3/b20-15+. The number of anilines is 2. The minimum absolute atomic E-state index is 0.157. The lowest BCUT2D eigenvalue weighted by molar-refractivity contribution is 0.145. The second-order valence-electron chi connectivity index (χ2n) is 9.58. The minimum Gasteiger partial charge on any atom is -0.444 e. The number of pyridine rings is 1. The van der Waals surface area contributed by atoms with Crippen LogP contribution in [-0.2, 0) is 16.8 Å². The molecule has 1 amide bonds. The van der Waals surface area contributed by atoms with E-state index < -0.39 is 11.5 Å². The maximum Gasteiger partial charge on any atom is 0.419 e. The molecule has 0 aliphatic carbocycles. The molecule has 6 heteroatoms. The smallest absolute Gasteiger partial charge is 0.419 e. The molecular weight excluding hydrogens is 460 g/mol. The van der Waals surface area contributed by atoms with Gasteiger partial charge >= 0.3 is 6.09 Å². The van der Waals surface area contributed by atoms with Crippen molar-refractivity contribution in [2.75, 3.05) is 4.90 Å². The quantitative estimate of drug-likeness (QED) is 0.214. The fraction of sp³-hybridized carbons (Fsp3) is 0.161. The van der Waals surface area contributed by atoms with Crippen LogP contribution >= 0.6 is 0 Å². The molecule has 3 aromatic carbocycles. The highest BCUT2D eigenvalue weighted by atomic mass is 16.6. The Hall–Kier alpha value is -4.76. The van der Waals surface area contributed by atoms with Crippen LogP contribution in [0.25, 0.3) is 22.6 Å². The van der Waals surface area contributed by atoms with Crippen LogP contribution in [0.1, 0.15) is 43.0 Å². The molecule has 1 aliphatic heterocycles. The first-order chi connectivity index (χ1) is 17.8. The molecule has 37 heavy (non-hydrogen) atoms. The topological polar surface area (TPSA) is 78.6 Å². The van der Waals surface area contributed by atoms with E-state index in [1.807, 2.05) is 81.4 Å². The van der Waals surface area contributed by atoms with Crippen molar-refractivity contribution in [2.45, 2.75) is 32.8 Å². The molecule has 0 spiro atoms. The lowest BCUT2D eigenvalue weighted by Gasteiger charge is -2.30. The lowest BCUT2D eigenvalue weighted by Crippen LogP contribution is -2.32. The zero-order valence-electron chi connectivity index (χ0n) is 21.0. The zero-order chi connectivity index (χ0) is 26.2. The SMILES string of the molecule is C=Nc1ccccc1/C=C(\C)c1ccc2ncc3c(c2c1)N(c1ccc(C(C)(C)C#N)cc1)C(=O)OC3. The summed E-state index contributed by atoms with van der Waals surface area (Å²) >= 11 is 0. The normalized spacial score (nSPS) is 13.6. The molecular formula is C31H26N4O2. The van der Waals surface area contributed by atoms with E-state index >= 15 is 0 Å². The van der Waals surface area contributed by atoms with Crippen LogP contribution in [-0.4, -0.2) is 17.8 Å². The van der Waals surface area contributed by atoms with Crippen LogP contribution in [0.3, 0.4) is 0 Å². The number of hydrogen-bond donors (Lipinski definition) is 0. The average Bonchev–Trinajstić information content (AvgIpc) is 2.93. The first-order valence-electron chi connectivity index (χ1n) is 12.0. The fourth-order valence-electron chi connectivity index (χ4n) is 4.53. The first-order valence-corrected chi connectivity index (χ1v) is 12.0. The van der Waals surface area contributed by atoms with E-state index in [0.717, 1.165) is 50.1 Å². The molecule has 0 atom stereocenters. The van der Waals surface area contributed by atoms with Crippen molar-refractivity contribution in [3.05, 3.63) is 95.2 Å². The van der Waals surface area contributed by atoms with Gasteiger partial charge in [0.15, 0.2) is 0 Å². The Kier molecular flexibility index (Phi) is 6.06. The van der Waals surface area contributed by atoms with Crippen LogP contribution in [0.2, 0.25) is 0 Å². The van der Waals surface area contributed by atoms with E-state index in [-0.39, 0.29) is 6.61 Å². The summed E-state index contributed by atoms with van der Waals surface area (Å²) < 4.78 is 5.49. The third kappa shape index (κ3) is 4.36. The molecule has 5 rings (SSSR count). The van der Waals surface area contributed by atoms with Gasteiger partial charge in [-0.15, -0.1) is 0 Å². The summed E-state index contributed by atoms with van der Waals surface area (Å²) in [4.78, 5) is 23.4. The van der Waals surface area contributed by atoms with E-state index in [1.165, 1.54) is 0 Å². The van der Waals surface area contributed by atoms with E-state index in [9.17, 15) is 10.1 Å². The van der Waals surface area contributed by atoms with Gasteiger partial charge in [-0.3, -0.25) is 9.98 Å². The lowest BCUT2D eigenvalue weighted by atomic mass is 9.86. The monoisotopic (exact) mass is 486 g/mol. The summed E-state index contributed by atoms with van der Waals surface area (Å²) in [6, 6.07) is 23.7. The number of para-hydroxylation sites is 1. The summed E-state index contributed by atoms with van der Waals surface area (Å²) in [6.45, 7) is 9.62. The average molecular weight is 487 g/mol. The molecule has 182 valence electrons. The van der Waals surface area contributed by atoms with Gasteiger partial charge in [-0.2, -0.15) is 5.26 Å². The molecule has 4 aromatic rings. The number of ether oxygens (including phenoxy) is 1. The molecule has 0 unspecified atom stereocenters. The highest BCUT2D eigenvalue weighted by molar-refractivity contribution is 6.08. The number of amides is 1. The number of cyclic esters (lactones) is 1. The summed E-state index contributed by atoms with van der Waals surface area (Å²) in [6.07, 6.45) is 3.39. The number of carbonyl (C=O) groups excluding carboxylic acids is 1. The summed E-state index contributed by atoms with van der Waals surface area (Å²) in [5.74, 6) is 0. The molecule has 2 heterocycles. The zero-order valence-corrected chi connectivity index (χ0v) is 21.0. The number of hydrogen-bond acceptors (Lipinski definition) is 5. The summed E-state index contributed by atoms with van der Waals surface area (Å²) in [7, 11) is 0. The highest BCUT2D eigenvalue weighted by Crippen LogP contribution is 2.40. The predicted molar refractivity (Wildman–Crippen MR) is 148 cm³/mol. The van der Waals surface area contributed by atoms with Crippen LogP contribution in [0.4, 0.5) is 21.9 Å². The van der Waals surface area contributed by atoms with Gasteiger partial charge in [-0.05, 0) is 80.6 Å². The Bertz CT molecular complexity index is 1610. The van der Waals surface area contributed by atoms with Crippen LogP contribution < -0.4 is 4.90 Å². The third-order valence-corrected chi connectivity index (χ3v) is 6.73. The Morgan fingerprint density at radius 2 is 1.92 bits per heavy atom. The van der Waals surface area contributed by atoms with Crippen molar-refractivity contribution in [3.63, 3.8) is 0 Å². The van der Waals surface area contributed by atoms with Gasteiger partial charge in [-0.25, -0.2) is 9.69 Å². The molecule has 1 aliphatic rings. The number of rotatable bonds is 5. The second kappa shape index (κ2) is 9.36. The predicted octanol–water partition coefficient (Wildman–Crippen LogP) is 7.72. The fourth-order valence-corrected chi connectivity index (χ4v) is 4.53. The Labute approximate surface area is 216 Å². The summed E-state index contributed by atoms with van der Waals surface area (Å²) in [5, 5.41) is 10.4. The molecule has 0 bridgehead atoms. The number of nitriles is 1.